The summed E-state index contributed by atoms with van der Waals surface area (Å²) >= 11 is 3.07. The number of nitrogens with one attached hydrogen (secondary N) is 1. The van der Waals surface area contributed by atoms with Gasteiger partial charge in [-0.2, -0.15) is 0 Å². The van der Waals surface area contributed by atoms with E-state index >= 15 is 0 Å². The predicted octanol–water partition coefficient (Wildman–Crippen LogP) is 5.40. The molecule has 0 unspecified atom stereocenters. The number of carbonyl (C=O) groups is 1. The highest BCUT2D eigenvalue weighted by atomic mass is 32.2. The standard InChI is InChI=1S/C21H17N3OS2/c1-14-6-5-9-16(10-14)24-19(25)12-26-20-17-11-18(15-7-3-2-4-8-15)27-21(17)23-13-22-20/h2-11,13H,12H2,1H3,(H,24,25). The van der Waals surface area contributed by atoms with Crippen LogP contribution >= 0.6 is 23.1 Å². The lowest BCUT2D eigenvalue weighted by Crippen LogP contribution is -2.14. The summed E-state index contributed by atoms with van der Waals surface area (Å²) in [4.78, 5) is 23.1. The van der Waals surface area contributed by atoms with Crippen LogP contribution in [0.2, 0.25) is 0 Å². The van der Waals surface area contributed by atoms with Crippen molar-refractivity contribution in [3.63, 3.8) is 0 Å². The van der Waals surface area contributed by atoms with Crippen molar-refractivity contribution in [2.75, 3.05) is 11.1 Å². The van der Waals surface area contributed by atoms with Gasteiger partial charge in [-0.15, -0.1) is 11.3 Å². The number of fused-ring (bicyclic) bond motifs is 1. The smallest absolute Gasteiger partial charge is 0.234 e. The molecule has 0 bridgehead atoms. The maximum atomic E-state index is 12.3. The number of anilines is 1. The summed E-state index contributed by atoms with van der Waals surface area (Å²) in [7, 11) is 0. The third-order valence-electron chi connectivity index (χ3n) is 3.99. The highest BCUT2D eigenvalue weighted by molar-refractivity contribution is 8.00. The Hall–Kier alpha value is -2.70. The van der Waals surface area contributed by atoms with Gasteiger partial charge in [0.2, 0.25) is 5.91 Å². The molecule has 0 atom stereocenters. The van der Waals surface area contributed by atoms with Gasteiger partial charge in [0.05, 0.1) is 5.75 Å². The van der Waals surface area contributed by atoms with Gasteiger partial charge < -0.3 is 5.32 Å². The lowest BCUT2D eigenvalue weighted by molar-refractivity contribution is -0.113. The number of aryl methyl sites for hydroxylation is 1. The van der Waals surface area contributed by atoms with Crippen LogP contribution < -0.4 is 5.32 Å². The number of thioether (sulfide) groups is 1. The van der Waals surface area contributed by atoms with Crippen molar-refractivity contribution in [1.29, 1.82) is 0 Å². The van der Waals surface area contributed by atoms with Crippen molar-refractivity contribution >= 4 is 44.9 Å². The van der Waals surface area contributed by atoms with Gasteiger partial charge in [-0.3, -0.25) is 4.79 Å². The largest absolute Gasteiger partial charge is 0.325 e. The van der Waals surface area contributed by atoms with E-state index < -0.39 is 0 Å². The molecule has 0 aliphatic carbocycles. The summed E-state index contributed by atoms with van der Waals surface area (Å²) in [6, 6.07) is 20.1. The molecule has 4 nitrogen and oxygen atoms in total. The van der Waals surface area contributed by atoms with Crippen LogP contribution in [0.1, 0.15) is 5.56 Å². The first-order valence-electron chi connectivity index (χ1n) is 8.48. The molecule has 0 aliphatic heterocycles. The molecule has 134 valence electrons. The SMILES string of the molecule is Cc1cccc(NC(=O)CSc2ncnc3sc(-c4ccccc4)cc23)c1. The fourth-order valence-corrected chi connectivity index (χ4v) is 4.59. The zero-order valence-electron chi connectivity index (χ0n) is 14.7. The third kappa shape index (κ3) is 4.18. The van der Waals surface area contributed by atoms with Crippen LogP contribution in [0.3, 0.4) is 0 Å². The van der Waals surface area contributed by atoms with Gasteiger partial charge >= 0.3 is 0 Å². The molecular weight excluding hydrogens is 374 g/mol. The molecule has 6 heteroatoms. The molecular formula is C21H17N3OS2. The number of amides is 1. The summed E-state index contributed by atoms with van der Waals surface area (Å²) in [5, 5.41) is 4.76. The van der Waals surface area contributed by atoms with Crippen LogP contribution in [-0.2, 0) is 4.79 Å². The molecule has 4 aromatic rings. The quantitative estimate of drug-likeness (QED) is 0.366. The lowest BCUT2D eigenvalue weighted by atomic mass is 10.2. The van der Waals surface area contributed by atoms with Crippen LogP contribution in [0, 0.1) is 6.92 Å². The van der Waals surface area contributed by atoms with Gasteiger partial charge in [0.15, 0.2) is 0 Å². The van der Waals surface area contributed by atoms with E-state index in [1.165, 1.54) is 11.8 Å². The highest BCUT2D eigenvalue weighted by Gasteiger charge is 2.12. The van der Waals surface area contributed by atoms with Gasteiger partial charge in [0.1, 0.15) is 16.2 Å². The normalized spacial score (nSPS) is 10.9. The molecule has 0 spiro atoms. The number of nitrogens with zero attached hydrogens (tertiary/aromatic N) is 2. The van der Waals surface area contributed by atoms with Crippen molar-refractivity contribution in [2.45, 2.75) is 11.9 Å². The molecule has 0 radical (unpaired) electrons. The fourth-order valence-electron chi connectivity index (χ4n) is 2.75. The summed E-state index contributed by atoms with van der Waals surface area (Å²) < 4.78 is 0. The molecule has 2 aromatic heterocycles. The monoisotopic (exact) mass is 391 g/mol. The van der Waals surface area contributed by atoms with Gasteiger partial charge in [0, 0.05) is 16.0 Å². The average Bonchev–Trinajstić information content (AvgIpc) is 3.12. The van der Waals surface area contributed by atoms with E-state index in [1.54, 1.807) is 17.7 Å². The first-order valence-corrected chi connectivity index (χ1v) is 10.3. The van der Waals surface area contributed by atoms with E-state index in [4.69, 9.17) is 0 Å². The van der Waals surface area contributed by atoms with E-state index in [1.807, 2.05) is 49.4 Å². The van der Waals surface area contributed by atoms with Crippen molar-refractivity contribution in [3.8, 4) is 10.4 Å². The Morgan fingerprint density at radius 1 is 1.07 bits per heavy atom. The van der Waals surface area contributed by atoms with E-state index in [0.717, 1.165) is 36.9 Å². The van der Waals surface area contributed by atoms with Crippen molar-refractivity contribution in [1.82, 2.24) is 9.97 Å². The Morgan fingerprint density at radius 2 is 1.93 bits per heavy atom. The molecule has 0 aliphatic rings. The van der Waals surface area contributed by atoms with E-state index in [2.05, 4.69) is 33.5 Å². The molecule has 4 rings (SSSR count). The number of benzene rings is 2. The van der Waals surface area contributed by atoms with Crippen molar-refractivity contribution < 1.29 is 4.79 Å². The molecule has 1 amide bonds. The first kappa shape index (κ1) is 17.7. The predicted molar refractivity (Wildman–Crippen MR) is 113 cm³/mol. The molecule has 0 saturated heterocycles. The Labute approximate surface area is 165 Å². The number of aromatic nitrogens is 2. The lowest BCUT2D eigenvalue weighted by Gasteiger charge is -2.06. The van der Waals surface area contributed by atoms with E-state index in [0.29, 0.717) is 5.75 Å². The number of carbonyl (C=O) groups excluding carboxylic acids is 1. The number of hydrogen-bond acceptors (Lipinski definition) is 5. The Bertz CT molecular complexity index is 1090. The van der Waals surface area contributed by atoms with Crippen LogP contribution in [-0.4, -0.2) is 21.6 Å². The second-order valence-corrected chi connectivity index (χ2v) is 8.08. The summed E-state index contributed by atoms with van der Waals surface area (Å²) in [6.45, 7) is 2.00. The molecule has 0 fully saturated rings. The minimum absolute atomic E-state index is 0.0455. The van der Waals surface area contributed by atoms with Gasteiger partial charge in [-0.1, -0.05) is 54.2 Å². The topological polar surface area (TPSA) is 54.9 Å². The van der Waals surface area contributed by atoms with E-state index in [-0.39, 0.29) is 5.91 Å². The van der Waals surface area contributed by atoms with Crippen LogP contribution in [0.25, 0.3) is 20.7 Å². The maximum Gasteiger partial charge on any atom is 0.234 e. The minimum atomic E-state index is -0.0455. The molecule has 1 N–H and O–H groups in total. The molecule has 27 heavy (non-hydrogen) atoms. The molecule has 0 saturated carbocycles. The second-order valence-electron chi connectivity index (χ2n) is 6.08. The Morgan fingerprint density at radius 3 is 2.74 bits per heavy atom. The Balaban J connectivity index is 1.50. The molecule has 2 aromatic carbocycles. The van der Waals surface area contributed by atoms with Crippen molar-refractivity contribution in [2.24, 2.45) is 0 Å². The summed E-state index contributed by atoms with van der Waals surface area (Å²) in [5.74, 6) is 0.257. The second kappa shape index (κ2) is 7.90. The van der Waals surface area contributed by atoms with Gasteiger partial charge in [-0.25, -0.2) is 9.97 Å². The maximum absolute atomic E-state index is 12.3. The van der Waals surface area contributed by atoms with Crippen LogP contribution in [0.15, 0.2) is 72.0 Å². The highest BCUT2D eigenvalue weighted by Crippen LogP contribution is 2.36. The zero-order valence-corrected chi connectivity index (χ0v) is 16.3. The van der Waals surface area contributed by atoms with E-state index in [9.17, 15) is 4.79 Å². The minimum Gasteiger partial charge on any atom is -0.325 e. The number of rotatable bonds is 5. The third-order valence-corrected chi connectivity index (χ3v) is 6.09. The first-order chi connectivity index (χ1) is 13.2. The summed E-state index contributed by atoms with van der Waals surface area (Å²) in [6.07, 6.45) is 1.56. The Kier molecular flexibility index (Phi) is 5.18. The molecule has 2 heterocycles. The fraction of sp³-hybridized carbons (Fsp3) is 0.0952. The van der Waals surface area contributed by atoms with Gasteiger partial charge in [0.25, 0.3) is 0 Å². The van der Waals surface area contributed by atoms with Crippen LogP contribution in [0.5, 0.6) is 0 Å². The zero-order chi connectivity index (χ0) is 18.6. The van der Waals surface area contributed by atoms with Crippen molar-refractivity contribution in [3.05, 3.63) is 72.6 Å². The summed E-state index contributed by atoms with van der Waals surface area (Å²) in [5.41, 5.74) is 3.09. The number of hydrogen-bond donors (Lipinski definition) is 1. The van der Waals surface area contributed by atoms with Crippen LogP contribution in [0.4, 0.5) is 5.69 Å². The number of thiophene rings is 1. The van der Waals surface area contributed by atoms with Gasteiger partial charge in [-0.05, 0) is 36.2 Å². The average molecular weight is 392 g/mol.